The van der Waals surface area contributed by atoms with Crippen LogP contribution in [0.1, 0.15) is 34.1 Å². The highest BCUT2D eigenvalue weighted by atomic mass is 15.1. The fraction of sp³-hybridized carbons (Fsp3) is 0.750. The quantitative estimate of drug-likeness (QED) is 0.729. The minimum atomic E-state index is 1.05. The van der Waals surface area contributed by atoms with Gasteiger partial charge in [-0.1, -0.05) is 39.8 Å². The van der Waals surface area contributed by atoms with Crippen LogP contribution in [-0.4, -0.2) is 56.6 Å². The Hall–Kier alpha value is -0.800. The van der Waals surface area contributed by atoms with Gasteiger partial charge in [-0.3, -0.25) is 0 Å². The van der Waals surface area contributed by atoms with Crippen molar-refractivity contribution in [2.45, 2.75) is 34.1 Å². The molecule has 3 nitrogen and oxygen atoms in total. The second kappa shape index (κ2) is 17.2. The zero-order valence-corrected chi connectivity index (χ0v) is 13.9. The van der Waals surface area contributed by atoms with Crippen molar-refractivity contribution in [1.82, 2.24) is 15.1 Å². The van der Waals surface area contributed by atoms with Gasteiger partial charge in [0.15, 0.2) is 0 Å². The van der Waals surface area contributed by atoms with E-state index in [2.05, 4.69) is 47.6 Å². The Kier molecular flexibility index (Phi) is 18.6. The molecule has 0 saturated carbocycles. The van der Waals surface area contributed by atoms with E-state index in [1.54, 1.807) is 0 Å². The van der Waals surface area contributed by atoms with E-state index in [-0.39, 0.29) is 0 Å². The Labute approximate surface area is 121 Å². The second-order valence-electron chi connectivity index (χ2n) is 4.12. The molecule has 0 aromatic rings. The molecule has 1 fully saturated rings. The Morgan fingerprint density at radius 1 is 0.895 bits per heavy atom. The van der Waals surface area contributed by atoms with Crippen molar-refractivity contribution in [3.63, 3.8) is 0 Å². The number of hydrogen-bond acceptors (Lipinski definition) is 3. The average Bonchev–Trinajstić information content (AvgIpc) is 2.72. The van der Waals surface area contributed by atoms with Crippen LogP contribution in [0.4, 0.5) is 0 Å². The molecule has 0 amide bonds. The first-order valence-electron chi connectivity index (χ1n) is 7.72. The summed E-state index contributed by atoms with van der Waals surface area (Å²) in [5.74, 6) is 0. The predicted octanol–water partition coefficient (Wildman–Crippen LogP) is 2.97. The molecule has 0 atom stereocenters. The summed E-state index contributed by atoms with van der Waals surface area (Å²) in [7, 11) is 4.23. The number of likely N-dealkylation sites (N-methyl/N-ethyl adjacent to an activating group) is 2. The van der Waals surface area contributed by atoms with Gasteiger partial charge < -0.3 is 15.1 Å². The Morgan fingerprint density at radius 3 is 2.05 bits per heavy atom. The first-order valence-corrected chi connectivity index (χ1v) is 7.72. The summed E-state index contributed by atoms with van der Waals surface area (Å²) in [5, 5.41) is 3.34. The number of hydrogen-bond donors (Lipinski definition) is 1. The molecule has 114 valence electrons. The van der Waals surface area contributed by atoms with Crippen LogP contribution in [0.3, 0.4) is 0 Å². The molecular weight excluding hydrogens is 234 g/mol. The van der Waals surface area contributed by atoms with Gasteiger partial charge in [0.25, 0.3) is 0 Å². The third kappa shape index (κ3) is 15.1. The van der Waals surface area contributed by atoms with Gasteiger partial charge in [0, 0.05) is 26.7 Å². The fourth-order valence-corrected chi connectivity index (χ4v) is 1.54. The number of nitrogens with zero attached hydrogens (tertiary/aromatic N) is 2. The van der Waals surface area contributed by atoms with Crippen LogP contribution in [0.5, 0.6) is 0 Å². The highest BCUT2D eigenvalue weighted by molar-refractivity contribution is 5.07. The molecule has 0 bridgehead atoms. The van der Waals surface area contributed by atoms with E-state index in [1.807, 2.05) is 33.8 Å². The van der Waals surface area contributed by atoms with E-state index < -0.39 is 0 Å². The van der Waals surface area contributed by atoms with E-state index in [4.69, 9.17) is 0 Å². The number of allylic oxidation sites excluding steroid dienone is 2. The molecule has 1 N–H and O–H groups in total. The van der Waals surface area contributed by atoms with Crippen molar-refractivity contribution >= 4 is 0 Å². The van der Waals surface area contributed by atoms with Crippen LogP contribution in [-0.2, 0) is 0 Å². The topological polar surface area (TPSA) is 18.5 Å². The smallest absolute Gasteiger partial charge is 0.0353 e. The van der Waals surface area contributed by atoms with E-state index in [1.165, 1.54) is 26.1 Å². The second-order valence-corrected chi connectivity index (χ2v) is 4.12. The molecule has 0 aliphatic carbocycles. The average molecular weight is 269 g/mol. The maximum Gasteiger partial charge on any atom is 0.0353 e. The Bertz CT molecular complexity index is 204. The van der Waals surface area contributed by atoms with Gasteiger partial charge in [-0.2, -0.15) is 0 Å². The van der Waals surface area contributed by atoms with Crippen LogP contribution < -0.4 is 5.32 Å². The first-order chi connectivity index (χ1) is 9.29. The fourth-order valence-electron chi connectivity index (χ4n) is 1.54. The van der Waals surface area contributed by atoms with E-state index in [9.17, 15) is 0 Å². The normalized spacial score (nSPS) is 17.9. The molecule has 3 heteroatoms. The summed E-state index contributed by atoms with van der Waals surface area (Å²) in [4.78, 5) is 4.49. The van der Waals surface area contributed by atoms with Gasteiger partial charge in [0.05, 0.1) is 0 Å². The van der Waals surface area contributed by atoms with Gasteiger partial charge in [0.2, 0.25) is 0 Å². The standard InChI is InChI=1S/C6H14N2.C6H9N.2C2H6/c1-8-5-2-3-7-4-6-8;1-7-5-3-2-4-6-7;2*1-2/h7H,2-6H2,1H3;2-5H,6H2,1H3;2*1-2H3. The molecule has 0 spiro atoms. The molecule has 0 aromatic carbocycles. The predicted molar refractivity (Wildman–Crippen MR) is 88.6 cm³/mol. The minimum Gasteiger partial charge on any atom is -0.377 e. The van der Waals surface area contributed by atoms with Crippen molar-refractivity contribution in [3.05, 3.63) is 24.4 Å². The maximum atomic E-state index is 3.34. The Balaban J connectivity index is 0. The third-order valence-electron chi connectivity index (χ3n) is 2.54. The van der Waals surface area contributed by atoms with Crippen LogP contribution >= 0.6 is 0 Å². The summed E-state index contributed by atoms with van der Waals surface area (Å²) in [6.07, 6.45) is 9.57. The van der Waals surface area contributed by atoms with Crippen LogP contribution in [0.2, 0.25) is 0 Å². The monoisotopic (exact) mass is 269 g/mol. The van der Waals surface area contributed by atoms with Crippen molar-refractivity contribution < 1.29 is 0 Å². The zero-order chi connectivity index (χ0) is 14.9. The SMILES string of the molecule is CC.CC.CN1C=CC=CC1.CN1CCCNCC1. The molecule has 19 heavy (non-hydrogen) atoms. The van der Waals surface area contributed by atoms with Crippen molar-refractivity contribution in [2.75, 3.05) is 46.8 Å². The van der Waals surface area contributed by atoms with E-state index in [0.717, 1.165) is 13.1 Å². The van der Waals surface area contributed by atoms with Gasteiger partial charge in [-0.25, -0.2) is 0 Å². The van der Waals surface area contributed by atoms with Gasteiger partial charge >= 0.3 is 0 Å². The van der Waals surface area contributed by atoms with Crippen LogP contribution in [0.25, 0.3) is 0 Å². The lowest BCUT2D eigenvalue weighted by Crippen LogP contribution is -2.23. The third-order valence-corrected chi connectivity index (χ3v) is 2.54. The summed E-state index contributed by atoms with van der Waals surface area (Å²) >= 11 is 0. The largest absolute Gasteiger partial charge is 0.377 e. The molecule has 2 aliphatic rings. The molecule has 0 unspecified atom stereocenters. The summed E-state index contributed by atoms with van der Waals surface area (Å²) in [5.41, 5.74) is 0. The van der Waals surface area contributed by atoms with E-state index >= 15 is 0 Å². The maximum absolute atomic E-state index is 3.34. The van der Waals surface area contributed by atoms with Crippen molar-refractivity contribution in [1.29, 1.82) is 0 Å². The molecule has 2 rings (SSSR count). The van der Waals surface area contributed by atoms with Crippen LogP contribution in [0, 0.1) is 0 Å². The lowest BCUT2D eigenvalue weighted by molar-refractivity contribution is 0.358. The molecular formula is C16H35N3. The number of rotatable bonds is 0. The highest BCUT2D eigenvalue weighted by Crippen LogP contribution is 1.91. The van der Waals surface area contributed by atoms with Crippen molar-refractivity contribution in [2.24, 2.45) is 0 Å². The number of nitrogens with one attached hydrogen (secondary N) is 1. The lowest BCUT2D eigenvalue weighted by atomic mass is 10.4. The Morgan fingerprint density at radius 2 is 1.58 bits per heavy atom. The summed E-state index contributed by atoms with van der Waals surface area (Å²) in [6, 6.07) is 0. The summed E-state index contributed by atoms with van der Waals surface area (Å²) in [6.45, 7) is 13.9. The zero-order valence-electron chi connectivity index (χ0n) is 13.9. The van der Waals surface area contributed by atoms with Crippen molar-refractivity contribution in [3.8, 4) is 0 Å². The van der Waals surface area contributed by atoms with Gasteiger partial charge in [0.1, 0.15) is 0 Å². The minimum absolute atomic E-state index is 1.05. The molecule has 1 saturated heterocycles. The van der Waals surface area contributed by atoms with Crippen LogP contribution in [0.15, 0.2) is 24.4 Å². The highest BCUT2D eigenvalue weighted by Gasteiger charge is 2.00. The first kappa shape index (κ1) is 20.5. The van der Waals surface area contributed by atoms with Gasteiger partial charge in [-0.15, -0.1) is 0 Å². The van der Waals surface area contributed by atoms with Gasteiger partial charge in [-0.05, 0) is 38.8 Å². The molecule has 2 heterocycles. The molecule has 2 aliphatic heterocycles. The molecule has 0 aromatic heterocycles. The summed E-state index contributed by atoms with van der Waals surface area (Å²) < 4.78 is 0. The molecule has 0 radical (unpaired) electrons. The van der Waals surface area contributed by atoms with E-state index in [0.29, 0.717) is 0 Å². The lowest BCUT2D eigenvalue weighted by Gasteiger charge is -2.11.